The van der Waals surface area contributed by atoms with Crippen molar-refractivity contribution in [1.29, 1.82) is 0 Å². The Bertz CT molecular complexity index is 891. The lowest BCUT2D eigenvalue weighted by Crippen LogP contribution is -2.45. The number of urea groups is 1. The highest BCUT2D eigenvalue weighted by Crippen LogP contribution is 2.34. The number of carbonyl (C=O) groups excluding carboxylic acids is 1. The molecule has 0 bridgehead atoms. The molecule has 2 aromatic carbocycles. The van der Waals surface area contributed by atoms with Crippen LogP contribution < -0.4 is 20.1 Å². The predicted octanol–water partition coefficient (Wildman–Crippen LogP) is 4.44. The summed E-state index contributed by atoms with van der Waals surface area (Å²) in [5.41, 5.74) is 0.654. The molecule has 166 valence electrons. The predicted molar refractivity (Wildman–Crippen MR) is 120 cm³/mol. The minimum absolute atomic E-state index is 0.0487. The van der Waals surface area contributed by atoms with E-state index in [2.05, 4.69) is 24.5 Å². The number of carbonyl (C=O) groups is 2. The van der Waals surface area contributed by atoms with E-state index in [0.717, 1.165) is 17.1 Å². The van der Waals surface area contributed by atoms with Crippen LogP contribution in [0.1, 0.15) is 38.3 Å². The molecule has 0 aliphatic carbocycles. The topological polar surface area (TPSA) is 96.9 Å². The second-order valence-electron chi connectivity index (χ2n) is 7.83. The highest BCUT2D eigenvalue weighted by molar-refractivity contribution is 7.99. The number of ether oxygens (including phenoxy) is 2. The number of hydrogen-bond donors (Lipinski definition) is 3. The molecule has 2 aromatic rings. The molecule has 2 atom stereocenters. The van der Waals surface area contributed by atoms with Gasteiger partial charge >= 0.3 is 12.0 Å². The molecule has 3 rings (SSSR count). The van der Waals surface area contributed by atoms with Crippen molar-refractivity contribution >= 4 is 23.8 Å². The molecule has 0 saturated carbocycles. The summed E-state index contributed by atoms with van der Waals surface area (Å²) in [6.45, 7) is 4.35. The first-order valence-electron chi connectivity index (χ1n) is 10.3. The zero-order valence-electron chi connectivity index (χ0n) is 17.7. The zero-order chi connectivity index (χ0) is 22.2. The molecule has 3 N–H and O–H groups in total. The maximum atomic E-state index is 12.8. The van der Waals surface area contributed by atoms with Crippen LogP contribution in [0.2, 0.25) is 0 Å². The van der Waals surface area contributed by atoms with E-state index < -0.39 is 12.0 Å². The fourth-order valence-electron chi connectivity index (χ4n) is 3.39. The average molecular weight is 445 g/mol. The molecule has 1 aliphatic rings. The summed E-state index contributed by atoms with van der Waals surface area (Å²) in [7, 11) is 0. The maximum absolute atomic E-state index is 12.8. The summed E-state index contributed by atoms with van der Waals surface area (Å²) in [5.74, 6) is 1.29. The van der Waals surface area contributed by atoms with Gasteiger partial charge in [-0.15, -0.1) is 11.8 Å². The van der Waals surface area contributed by atoms with Gasteiger partial charge < -0.3 is 25.2 Å². The number of carboxylic acid groups (broad SMARTS) is 1. The first kappa shape index (κ1) is 22.8. The normalized spacial score (nSPS) is 14.2. The minimum Gasteiger partial charge on any atom is -0.481 e. The van der Waals surface area contributed by atoms with Gasteiger partial charge in [-0.25, -0.2) is 4.79 Å². The fraction of sp³-hybridized carbons (Fsp3) is 0.391. The average Bonchev–Trinajstić information content (AvgIpc) is 3.19. The number of rotatable bonds is 10. The Morgan fingerprint density at radius 1 is 1.06 bits per heavy atom. The zero-order valence-corrected chi connectivity index (χ0v) is 18.5. The van der Waals surface area contributed by atoms with Crippen LogP contribution in [-0.2, 0) is 4.79 Å². The van der Waals surface area contributed by atoms with Crippen molar-refractivity contribution < 1.29 is 24.2 Å². The number of fused-ring (bicyclic) bond motifs is 1. The minimum atomic E-state index is -0.999. The van der Waals surface area contributed by atoms with Crippen LogP contribution in [-0.4, -0.2) is 35.7 Å². The Morgan fingerprint density at radius 3 is 2.52 bits per heavy atom. The molecular weight excluding hydrogens is 416 g/mol. The van der Waals surface area contributed by atoms with Crippen molar-refractivity contribution in [3.8, 4) is 11.5 Å². The summed E-state index contributed by atoms with van der Waals surface area (Å²) < 4.78 is 10.7. The standard InChI is InChI=1S/C23H28N2O5S/c1-15(2)10-17(13-31-18-6-4-3-5-7-18)24-23(28)25-19(12-22(26)27)16-8-9-20-21(11-16)30-14-29-20/h3-9,11,15,17,19H,10,12-14H2,1-2H3,(H,26,27)(H2,24,25,28)/t17-,19-/m0/s1. The number of nitrogens with one attached hydrogen (secondary N) is 2. The summed E-state index contributed by atoms with van der Waals surface area (Å²) in [6, 6.07) is 14.1. The van der Waals surface area contributed by atoms with E-state index in [1.54, 1.807) is 30.0 Å². The number of benzene rings is 2. The van der Waals surface area contributed by atoms with Crippen LogP contribution in [0.5, 0.6) is 11.5 Å². The molecule has 0 spiro atoms. The number of hydrogen-bond acceptors (Lipinski definition) is 5. The van der Waals surface area contributed by atoms with Crippen LogP contribution in [0, 0.1) is 5.92 Å². The Kier molecular flexibility index (Phi) is 8.06. The lowest BCUT2D eigenvalue weighted by Gasteiger charge is -2.23. The SMILES string of the molecule is CC(C)C[C@@H](CSc1ccccc1)NC(=O)N[C@@H](CC(=O)O)c1ccc2c(c1)OCO2. The van der Waals surface area contributed by atoms with Crippen LogP contribution in [0.25, 0.3) is 0 Å². The van der Waals surface area contributed by atoms with Gasteiger partial charge in [0.25, 0.3) is 0 Å². The van der Waals surface area contributed by atoms with Gasteiger partial charge in [-0.1, -0.05) is 38.1 Å². The molecule has 31 heavy (non-hydrogen) atoms. The van der Waals surface area contributed by atoms with Crippen molar-refractivity contribution in [2.24, 2.45) is 5.92 Å². The van der Waals surface area contributed by atoms with E-state index in [4.69, 9.17) is 9.47 Å². The summed E-state index contributed by atoms with van der Waals surface area (Å²) in [6.07, 6.45) is 0.585. The van der Waals surface area contributed by atoms with Crippen LogP contribution >= 0.6 is 11.8 Å². The Hall–Kier alpha value is -2.87. The second kappa shape index (κ2) is 10.9. The number of aliphatic carboxylic acids is 1. The van der Waals surface area contributed by atoms with Crippen molar-refractivity contribution in [3.05, 3.63) is 54.1 Å². The van der Waals surface area contributed by atoms with Crippen molar-refractivity contribution in [2.45, 2.75) is 43.7 Å². The largest absolute Gasteiger partial charge is 0.481 e. The molecule has 1 aliphatic heterocycles. The van der Waals surface area contributed by atoms with Gasteiger partial charge in [0, 0.05) is 16.7 Å². The third-order valence-electron chi connectivity index (χ3n) is 4.77. The smallest absolute Gasteiger partial charge is 0.315 e. The summed E-state index contributed by atoms with van der Waals surface area (Å²) >= 11 is 1.68. The Morgan fingerprint density at radius 2 is 1.81 bits per heavy atom. The van der Waals surface area contributed by atoms with E-state index >= 15 is 0 Å². The van der Waals surface area contributed by atoms with Crippen molar-refractivity contribution in [1.82, 2.24) is 10.6 Å². The van der Waals surface area contributed by atoms with E-state index in [1.807, 2.05) is 30.3 Å². The maximum Gasteiger partial charge on any atom is 0.315 e. The fourth-order valence-corrected chi connectivity index (χ4v) is 4.36. The molecular formula is C23H28N2O5S. The lowest BCUT2D eigenvalue weighted by molar-refractivity contribution is -0.137. The van der Waals surface area contributed by atoms with E-state index in [-0.39, 0.29) is 25.3 Å². The number of amides is 2. The molecule has 0 unspecified atom stereocenters. The van der Waals surface area contributed by atoms with Crippen molar-refractivity contribution in [2.75, 3.05) is 12.5 Å². The van der Waals surface area contributed by atoms with E-state index in [0.29, 0.717) is 23.0 Å². The van der Waals surface area contributed by atoms with Crippen LogP contribution in [0.15, 0.2) is 53.4 Å². The highest BCUT2D eigenvalue weighted by atomic mass is 32.2. The van der Waals surface area contributed by atoms with Gasteiger partial charge in [0.2, 0.25) is 6.79 Å². The lowest BCUT2D eigenvalue weighted by atomic mass is 10.0. The molecule has 8 heteroatoms. The van der Waals surface area contributed by atoms with Gasteiger partial charge in [0.1, 0.15) is 0 Å². The quantitative estimate of drug-likeness (QED) is 0.469. The molecule has 0 aromatic heterocycles. The van der Waals surface area contributed by atoms with Gasteiger partial charge in [-0.05, 0) is 42.2 Å². The Labute approximate surface area is 186 Å². The third kappa shape index (κ3) is 7.10. The molecule has 1 heterocycles. The van der Waals surface area contributed by atoms with Gasteiger partial charge in [0.15, 0.2) is 11.5 Å². The first-order chi connectivity index (χ1) is 14.9. The first-order valence-corrected chi connectivity index (χ1v) is 11.3. The van der Waals surface area contributed by atoms with Crippen LogP contribution in [0.4, 0.5) is 4.79 Å². The number of thioether (sulfide) groups is 1. The van der Waals surface area contributed by atoms with Gasteiger partial charge in [0.05, 0.1) is 12.5 Å². The summed E-state index contributed by atoms with van der Waals surface area (Å²) in [4.78, 5) is 25.3. The van der Waals surface area contributed by atoms with E-state index in [9.17, 15) is 14.7 Å². The summed E-state index contributed by atoms with van der Waals surface area (Å²) in [5, 5.41) is 15.2. The Balaban J connectivity index is 1.65. The molecule has 0 radical (unpaired) electrons. The highest BCUT2D eigenvalue weighted by Gasteiger charge is 2.23. The molecule has 7 nitrogen and oxygen atoms in total. The van der Waals surface area contributed by atoms with E-state index in [1.165, 1.54) is 0 Å². The van der Waals surface area contributed by atoms with Crippen LogP contribution in [0.3, 0.4) is 0 Å². The molecule has 0 fully saturated rings. The second-order valence-corrected chi connectivity index (χ2v) is 8.92. The molecule has 2 amide bonds. The molecule has 0 saturated heterocycles. The van der Waals surface area contributed by atoms with Gasteiger partial charge in [-0.2, -0.15) is 0 Å². The number of carboxylic acids is 1. The monoisotopic (exact) mass is 444 g/mol. The van der Waals surface area contributed by atoms with Gasteiger partial charge in [-0.3, -0.25) is 4.79 Å². The van der Waals surface area contributed by atoms with Crippen molar-refractivity contribution in [3.63, 3.8) is 0 Å². The third-order valence-corrected chi connectivity index (χ3v) is 5.94.